The van der Waals surface area contributed by atoms with Crippen LogP contribution in [-0.2, 0) is 4.79 Å². The molecule has 0 atom stereocenters. The van der Waals surface area contributed by atoms with E-state index in [0.29, 0.717) is 10.6 Å². The van der Waals surface area contributed by atoms with Crippen molar-refractivity contribution in [2.45, 2.75) is 12.8 Å². The van der Waals surface area contributed by atoms with Crippen LogP contribution < -0.4 is 10.5 Å². The van der Waals surface area contributed by atoms with E-state index in [9.17, 15) is 14.4 Å². The number of carbonyl (C=O) groups excluding carboxylic acids is 3. The molecule has 2 aromatic rings. The molecule has 2 N–H and O–H groups in total. The van der Waals surface area contributed by atoms with Crippen LogP contribution >= 0.6 is 11.6 Å². The number of halogens is 1. The fourth-order valence-corrected chi connectivity index (χ4v) is 2.02. The third-order valence-electron chi connectivity index (χ3n) is 3.07. The molecule has 0 aliphatic rings. The summed E-state index contributed by atoms with van der Waals surface area (Å²) in [5.74, 6) is -1.13. The lowest BCUT2D eigenvalue weighted by molar-refractivity contribution is -0.134. The van der Waals surface area contributed by atoms with Crippen LogP contribution in [-0.4, -0.2) is 17.7 Å². The van der Waals surface area contributed by atoms with Crippen molar-refractivity contribution >= 4 is 29.3 Å². The van der Waals surface area contributed by atoms with E-state index in [4.69, 9.17) is 22.1 Å². The van der Waals surface area contributed by atoms with Crippen molar-refractivity contribution < 1.29 is 19.1 Å². The quantitative estimate of drug-likeness (QED) is 0.501. The molecule has 0 fully saturated rings. The van der Waals surface area contributed by atoms with E-state index in [-0.39, 0.29) is 29.9 Å². The number of carbonyl (C=O) groups is 3. The van der Waals surface area contributed by atoms with Gasteiger partial charge < -0.3 is 10.5 Å². The maximum atomic E-state index is 11.9. The van der Waals surface area contributed by atoms with Crippen LogP contribution in [0.2, 0.25) is 5.02 Å². The lowest BCUT2D eigenvalue weighted by Gasteiger charge is -2.05. The molecule has 0 saturated carbocycles. The first-order chi connectivity index (χ1) is 11.0. The number of ether oxygens (including phenoxy) is 1. The van der Waals surface area contributed by atoms with Crippen molar-refractivity contribution in [3.8, 4) is 5.75 Å². The van der Waals surface area contributed by atoms with E-state index in [1.165, 1.54) is 18.2 Å². The van der Waals surface area contributed by atoms with Crippen molar-refractivity contribution in [3.63, 3.8) is 0 Å². The Balaban J connectivity index is 1.90. The summed E-state index contributed by atoms with van der Waals surface area (Å²) in [6.07, 6.45) is -0.0434. The van der Waals surface area contributed by atoms with E-state index in [0.717, 1.165) is 0 Å². The Morgan fingerprint density at radius 1 is 0.957 bits per heavy atom. The zero-order valence-electron chi connectivity index (χ0n) is 12.1. The van der Waals surface area contributed by atoms with Crippen LogP contribution in [0.3, 0.4) is 0 Å². The molecule has 0 spiro atoms. The highest BCUT2D eigenvalue weighted by Gasteiger charge is 2.12. The summed E-state index contributed by atoms with van der Waals surface area (Å²) in [6, 6.07) is 12.4. The monoisotopic (exact) mass is 331 g/mol. The summed E-state index contributed by atoms with van der Waals surface area (Å²) in [4.78, 5) is 34.8. The lowest BCUT2D eigenvalue weighted by atomic mass is 10.1. The predicted octanol–water partition coefficient (Wildman–Crippen LogP) is 3.01. The van der Waals surface area contributed by atoms with E-state index in [2.05, 4.69) is 0 Å². The molecular weight excluding hydrogens is 318 g/mol. The second-order valence-electron chi connectivity index (χ2n) is 4.80. The van der Waals surface area contributed by atoms with Gasteiger partial charge in [-0.05, 0) is 42.5 Å². The number of ketones is 1. The van der Waals surface area contributed by atoms with E-state index >= 15 is 0 Å². The molecule has 0 aliphatic heterocycles. The van der Waals surface area contributed by atoms with E-state index in [1.54, 1.807) is 30.3 Å². The fraction of sp³-hybridized carbons (Fsp3) is 0.118. The molecule has 5 nitrogen and oxygen atoms in total. The Bertz CT molecular complexity index is 741. The summed E-state index contributed by atoms with van der Waals surface area (Å²) in [6.45, 7) is 0. The number of amides is 1. The van der Waals surface area contributed by atoms with Crippen molar-refractivity contribution in [1.82, 2.24) is 0 Å². The molecule has 23 heavy (non-hydrogen) atoms. The van der Waals surface area contributed by atoms with Crippen LogP contribution in [0, 0.1) is 0 Å². The van der Waals surface area contributed by atoms with Gasteiger partial charge in [0, 0.05) is 22.6 Å². The maximum absolute atomic E-state index is 11.9. The highest BCUT2D eigenvalue weighted by molar-refractivity contribution is 6.30. The van der Waals surface area contributed by atoms with Gasteiger partial charge in [-0.25, -0.2) is 0 Å². The van der Waals surface area contributed by atoms with Gasteiger partial charge in [0.1, 0.15) is 5.75 Å². The van der Waals surface area contributed by atoms with Crippen LogP contribution in [0.1, 0.15) is 33.6 Å². The minimum absolute atomic E-state index is 0.0238. The first-order valence-corrected chi connectivity index (χ1v) is 7.23. The molecule has 118 valence electrons. The number of primary amides is 1. The molecule has 2 rings (SSSR count). The molecule has 6 heteroatoms. The van der Waals surface area contributed by atoms with Gasteiger partial charge in [-0.15, -0.1) is 0 Å². The third kappa shape index (κ3) is 4.93. The van der Waals surface area contributed by atoms with E-state index < -0.39 is 11.9 Å². The maximum Gasteiger partial charge on any atom is 0.311 e. The summed E-state index contributed by atoms with van der Waals surface area (Å²) in [5, 5.41) is 0.537. The molecule has 0 unspecified atom stereocenters. The lowest BCUT2D eigenvalue weighted by Crippen LogP contribution is -2.13. The molecule has 2 aromatic carbocycles. The Kier molecular flexibility index (Phi) is 5.49. The van der Waals surface area contributed by atoms with Crippen molar-refractivity contribution in [2.75, 3.05) is 0 Å². The standard InChI is InChI=1S/C17H14ClNO4/c18-13-6-4-11(5-7-13)15(20)8-9-16(21)23-14-3-1-2-12(10-14)17(19)22/h1-7,10H,8-9H2,(H2,19,22). The zero-order valence-corrected chi connectivity index (χ0v) is 12.9. The molecule has 0 saturated heterocycles. The van der Waals surface area contributed by atoms with Gasteiger partial charge in [-0.1, -0.05) is 17.7 Å². The van der Waals surface area contributed by atoms with Gasteiger partial charge in [-0.3, -0.25) is 14.4 Å². The first kappa shape index (κ1) is 16.7. The Morgan fingerprint density at radius 2 is 1.65 bits per heavy atom. The molecule has 0 heterocycles. The molecule has 1 amide bonds. The highest BCUT2D eigenvalue weighted by atomic mass is 35.5. The predicted molar refractivity (Wildman–Crippen MR) is 85.6 cm³/mol. The van der Waals surface area contributed by atoms with E-state index in [1.807, 2.05) is 0 Å². The summed E-state index contributed by atoms with van der Waals surface area (Å²) < 4.78 is 5.09. The topological polar surface area (TPSA) is 86.5 Å². The van der Waals surface area contributed by atoms with Gasteiger partial charge in [0.15, 0.2) is 5.78 Å². The largest absolute Gasteiger partial charge is 0.426 e. The number of rotatable bonds is 6. The number of hydrogen-bond acceptors (Lipinski definition) is 4. The van der Waals surface area contributed by atoms with Crippen LogP contribution in [0.25, 0.3) is 0 Å². The van der Waals surface area contributed by atoms with Crippen molar-refractivity contribution in [2.24, 2.45) is 5.73 Å². The summed E-state index contributed by atoms with van der Waals surface area (Å²) >= 11 is 5.75. The van der Waals surface area contributed by atoms with Gasteiger partial charge in [0.25, 0.3) is 0 Å². The van der Waals surface area contributed by atoms with Gasteiger partial charge in [-0.2, -0.15) is 0 Å². The number of nitrogens with two attached hydrogens (primary N) is 1. The van der Waals surface area contributed by atoms with Crippen LogP contribution in [0.4, 0.5) is 0 Å². The molecule has 0 aliphatic carbocycles. The average molecular weight is 332 g/mol. The molecular formula is C17H14ClNO4. The highest BCUT2D eigenvalue weighted by Crippen LogP contribution is 2.15. The second-order valence-corrected chi connectivity index (χ2v) is 5.23. The SMILES string of the molecule is NC(=O)c1cccc(OC(=O)CCC(=O)c2ccc(Cl)cc2)c1. The third-order valence-corrected chi connectivity index (χ3v) is 3.32. The van der Waals surface area contributed by atoms with Crippen molar-refractivity contribution in [1.29, 1.82) is 0 Å². The number of benzene rings is 2. The smallest absolute Gasteiger partial charge is 0.311 e. The zero-order chi connectivity index (χ0) is 16.8. The number of hydrogen-bond donors (Lipinski definition) is 1. The Labute approximate surface area is 138 Å². The van der Waals surface area contributed by atoms with Crippen LogP contribution in [0.15, 0.2) is 48.5 Å². The van der Waals surface area contributed by atoms with Crippen LogP contribution in [0.5, 0.6) is 5.75 Å². The molecule has 0 radical (unpaired) electrons. The minimum atomic E-state index is -0.610. The first-order valence-electron chi connectivity index (χ1n) is 6.85. The van der Waals surface area contributed by atoms with Gasteiger partial charge in [0.05, 0.1) is 6.42 Å². The fourth-order valence-electron chi connectivity index (χ4n) is 1.89. The normalized spacial score (nSPS) is 10.1. The number of Topliss-reactive ketones (excluding diaryl/α,β-unsaturated/α-hetero) is 1. The number of esters is 1. The Hall–Kier alpha value is -2.66. The van der Waals surface area contributed by atoms with Gasteiger partial charge >= 0.3 is 5.97 Å². The van der Waals surface area contributed by atoms with Crippen molar-refractivity contribution in [3.05, 3.63) is 64.7 Å². The minimum Gasteiger partial charge on any atom is -0.426 e. The summed E-state index contributed by atoms with van der Waals surface area (Å²) in [7, 11) is 0. The average Bonchev–Trinajstić information content (AvgIpc) is 2.53. The summed E-state index contributed by atoms with van der Waals surface area (Å²) in [5.41, 5.74) is 5.88. The second kappa shape index (κ2) is 7.56. The Morgan fingerprint density at radius 3 is 2.30 bits per heavy atom. The van der Waals surface area contributed by atoms with Gasteiger partial charge in [0.2, 0.25) is 5.91 Å². The molecule has 0 bridgehead atoms. The molecule has 0 aromatic heterocycles.